The average Bonchev–Trinajstić information content (AvgIpc) is 3.74. The Labute approximate surface area is 238 Å². The van der Waals surface area contributed by atoms with Gasteiger partial charge in [-0.3, -0.25) is 4.79 Å². The fourth-order valence-corrected chi connectivity index (χ4v) is 6.43. The van der Waals surface area contributed by atoms with Crippen LogP contribution in [-0.2, 0) is 24.4 Å². The molecule has 1 saturated carbocycles. The molecular weight excluding hydrogens is 516 g/mol. The van der Waals surface area contributed by atoms with Crippen LogP contribution in [0.15, 0.2) is 65.5 Å². The third-order valence-electron chi connectivity index (χ3n) is 8.37. The van der Waals surface area contributed by atoms with Crippen LogP contribution in [0.5, 0.6) is 0 Å². The van der Waals surface area contributed by atoms with Gasteiger partial charge in [-0.15, -0.1) is 0 Å². The molecule has 0 aliphatic heterocycles. The molecule has 0 bridgehead atoms. The van der Waals surface area contributed by atoms with E-state index in [0.717, 1.165) is 39.4 Å². The van der Waals surface area contributed by atoms with Crippen molar-refractivity contribution < 1.29 is 19.1 Å². The minimum Gasteiger partial charge on any atom is -0.478 e. The van der Waals surface area contributed by atoms with Crippen LogP contribution in [-0.4, -0.2) is 31.1 Å². The Morgan fingerprint density at radius 2 is 1.83 bits per heavy atom. The summed E-state index contributed by atoms with van der Waals surface area (Å²) in [5, 5.41) is 13.3. The molecule has 2 aromatic carbocycles. The number of amides is 1. The molecular formula is C33H34N4O4. The maximum Gasteiger partial charge on any atom is 0.328 e. The highest BCUT2D eigenvalue weighted by atomic mass is 16.4. The van der Waals surface area contributed by atoms with E-state index in [1.807, 2.05) is 61.9 Å². The van der Waals surface area contributed by atoms with Crippen molar-refractivity contribution in [1.82, 2.24) is 19.4 Å². The molecule has 2 N–H and O–H groups in total. The molecule has 1 aliphatic rings. The second-order valence-corrected chi connectivity index (χ2v) is 11.5. The third-order valence-corrected chi connectivity index (χ3v) is 8.37. The highest BCUT2D eigenvalue weighted by Gasteiger charge is 2.31. The predicted octanol–water partition coefficient (Wildman–Crippen LogP) is 6.75. The number of carbonyl (C=O) groups is 2. The zero-order chi connectivity index (χ0) is 28.9. The van der Waals surface area contributed by atoms with Crippen molar-refractivity contribution in [1.29, 1.82) is 0 Å². The van der Waals surface area contributed by atoms with Gasteiger partial charge in [0.25, 0.3) is 5.91 Å². The van der Waals surface area contributed by atoms with Gasteiger partial charge in [-0.1, -0.05) is 25.0 Å². The van der Waals surface area contributed by atoms with E-state index < -0.39 is 11.5 Å². The van der Waals surface area contributed by atoms with Crippen LogP contribution in [0.3, 0.4) is 0 Å². The number of aryl methyl sites for hydroxylation is 2. The van der Waals surface area contributed by atoms with E-state index in [4.69, 9.17) is 14.5 Å². The van der Waals surface area contributed by atoms with Crippen LogP contribution >= 0.6 is 0 Å². The normalized spacial score (nSPS) is 14.5. The highest BCUT2D eigenvalue weighted by molar-refractivity contribution is 6.01. The van der Waals surface area contributed by atoms with E-state index in [0.29, 0.717) is 17.3 Å². The van der Waals surface area contributed by atoms with Crippen molar-refractivity contribution in [2.24, 2.45) is 14.1 Å². The Morgan fingerprint density at radius 3 is 2.54 bits per heavy atom. The number of aliphatic carboxylic acids is 1. The summed E-state index contributed by atoms with van der Waals surface area (Å²) in [6, 6.07) is 13.6. The number of carboxylic acid groups (broad SMARTS) is 1. The van der Waals surface area contributed by atoms with E-state index in [-0.39, 0.29) is 5.91 Å². The molecule has 0 spiro atoms. The predicted molar refractivity (Wildman–Crippen MR) is 160 cm³/mol. The van der Waals surface area contributed by atoms with Gasteiger partial charge in [-0.2, -0.15) is 0 Å². The van der Waals surface area contributed by atoms with Crippen molar-refractivity contribution in [2.45, 2.75) is 51.0 Å². The number of imidazole rings is 1. The maximum atomic E-state index is 13.7. The molecule has 5 aromatic rings. The Hall–Kier alpha value is -4.59. The number of nitrogens with one attached hydrogen (secondary N) is 1. The van der Waals surface area contributed by atoms with Crippen LogP contribution < -0.4 is 5.32 Å². The third kappa shape index (κ3) is 4.73. The molecule has 0 radical (unpaired) electrons. The Morgan fingerprint density at radius 1 is 1.05 bits per heavy atom. The molecule has 41 heavy (non-hydrogen) atoms. The molecule has 0 saturated heterocycles. The number of carbonyl (C=O) groups excluding carboxylic acids is 1. The zero-order valence-corrected chi connectivity index (χ0v) is 23.8. The van der Waals surface area contributed by atoms with Gasteiger partial charge in [-0.25, -0.2) is 9.78 Å². The smallest absolute Gasteiger partial charge is 0.328 e. The standard InChI is InChI=1S/C33H34N4O4/c1-33(2,32-34-25-13-9-20(10-14-28(38)39)17-27(25)37(32)4)35-31(40)22-11-12-24-26(18-22)36(3)30(23-15-16-41-19-23)29(24)21-7-5-6-8-21/h9-19,21H,5-8H2,1-4H3,(H,35,40)(H,38,39)/b14-10+. The Balaban J connectivity index is 1.34. The van der Waals surface area contributed by atoms with Gasteiger partial charge in [0.15, 0.2) is 0 Å². The lowest BCUT2D eigenvalue weighted by Gasteiger charge is -2.26. The van der Waals surface area contributed by atoms with Gasteiger partial charge in [0.1, 0.15) is 5.82 Å². The first-order valence-electron chi connectivity index (χ1n) is 14.0. The SMILES string of the molecule is Cn1c(C(C)(C)NC(=O)c2ccc3c(C4CCCC4)c(-c4ccoc4)n(C)c3c2)nc2ccc(/C=C/C(=O)O)cc21. The molecule has 8 nitrogen and oxygen atoms in total. The highest BCUT2D eigenvalue weighted by Crippen LogP contribution is 2.44. The van der Waals surface area contributed by atoms with Gasteiger partial charge in [0, 0.05) is 42.2 Å². The van der Waals surface area contributed by atoms with Crippen LogP contribution in [0.1, 0.15) is 72.8 Å². The largest absolute Gasteiger partial charge is 0.478 e. The summed E-state index contributed by atoms with van der Waals surface area (Å²) in [5.41, 5.74) is 6.80. The number of hydrogen-bond acceptors (Lipinski definition) is 4. The Bertz CT molecular complexity index is 1820. The van der Waals surface area contributed by atoms with Crippen LogP contribution in [0.2, 0.25) is 0 Å². The quantitative estimate of drug-likeness (QED) is 0.218. The lowest BCUT2D eigenvalue weighted by Crippen LogP contribution is -2.42. The Kier molecular flexibility index (Phi) is 6.56. The van der Waals surface area contributed by atoms with Crippen molar-refractivity contribution in [2.75, 3.05) is 0 Å². The molecule has 1 amide bonds. The minimum absolute atomic E-state index is 0.178. The molecule has 0 unspecified atom stereocenters. The number of rotatable bonds is 7. The van der Waals surface area contributed by atoms with E-state index in [2.05, 4.69) is 23.0 Å². The molecule has 6 rings (SSSR count). The topological polar surface area (TPSA) is 102 Å². The lowest BCUT2D eigenvalue weighted by atomic mass is 9.92. The lowest BCUT2D eigenvalue weighted by molar-refractivity contribution is -0.131. The molecule has 1 aliphatic carbocycles. The van der Waals surface area contributed by atoms with E-state index in [1.54, 1.807) is 18.6 Å². The summed E-state index contributed by atoms with van der Waals surface area (Å²) in [6.07, 6.45) is 11.0. The molecule has 210 valence electrons. The first-order chi connectivity index (χ1) is 19.6. The van der Waals surface area contributed by atoms with Gasteiger partial charge in [0.2, 0.25) is 0 Å². The van der Waals surface area contributed by atoms with Crippen LogP contribution in [0.25, 0.3) is 39.3 Å². The van der Waals surface area contributed by atoms with Crippen molar-refractivity contribution in [3.8, 4) is 11.3 Å². The molecule has 3 heterocycles. The second kappa shape index (κ2) is 10.1. The first kappa shape index (κ1) is 26.6. The van der Waals surface area contributed by atoms with Gasteiger partial charge < -0.3 is 24.0 Å². The maximum absolute atomic E-state index is 13.7. The molecule has 8 heteroatoms. The summed E-state index contributed by atoms with van der Waals surface area (Å²) >= 11 is 0. The summed E-state index contributed by atoms with van der Waals surface area (Å²) in [7, 11) is 3.97. The van der Waals surface area contributed by atoms with E-state index >= 15 is 0 Å². The summed E-state index contributed by atoms with van der Waals surface area (Å²) < 4.78 is 9.58. The fourth-order valence-electron chi connectivity index (χ4n) is 6.43. The number of benzene rings is 2. The number of furan rings is 1. The van der Waals surface area contributed by atoms with Crippen molar-refractivity contribution in [3.05, 3.63) is 83.6 Å². The van der Waals surface area contributed by atoms with E-state index in [9.17, 15) is 9.59 Å². The van der Waals surface area contributed by atoms with Gasteiger partial charge in [0.05, 0.1) is 34.8 Å². The first-order valence-corrected chi connectivity index (χ1v) is 14.0. The van der Waals surface area contributed by atoms with Gasteiger partial charge >= 0.3 is 5.97 Å². The van der Waals surface area contributed by atoms with Gasteiger partial charge in [-0.05, 0) is 80.1 Å². The molecule has 3 aromatic heterocycles. The number of aromatic nitrogens is 3. The molecule has 1 fully saturated rings. The number of fused-ring (bicyclic) bond motifs is 2. The van der Waals surface area contributed by atoms with Crippen molar-refractivity contribution >= 4 is 39.9 Å². The van der Waals surface area contributed by atoms with Crippen molar-refractivity contribution in [3.63, 3.8) is 0 Å². The summed E-state index contributed by atoms with van der Waals surface area (Å²) in [5.74, 6) is 0.0222. The average molecular weight is 551 g/mol. The molecule has 0 atom stereocenters. The minimum atomic E-state index is -0.999. The summed E-state index contributed by atoms with van der Waals surface area (Å²) in [6.45, 7) is 3.88. The fraction of sp³-hybridized carbons (Fsp3) is 0.303. The number of carboxylic acids is 1. The zero-order valence-electron chi connectivity index (χ0n) is 23.8. The second-order valence-electron chi connectivity index (χ2n) is 11.5. The monoisotopic (exact) mass is 550 g/mol. The summed E-state index contributed by atoms with van der Waals surface area (Å²) in [4.78, 5) is 29.4. The van der Waals surface area contributed by atoms with Crippen LogP contribution in [0, 0.1) is 0 Å². The number of hydrogen-bond donors (Lipinski definition) is 2. The number of nitrogens with zero attached hydrogens (tertiary/aromatic N) is 3. The van der Waals surface area contributed by atoms with Crippen LogP contribution in [0.4, 0.5) is 0 Å². The van der Waals surface area contributed by atoms with E-state index in [1.165, 1.54) is 36.6 Å².